The summed E-state index contributed by atoms with van der Waals surface area (Å²) < 4.78 is 5.93. The number of hydrogen-bond acceptors (Lipinski definition) is 1. The molecule has 0 saturated carbocycles. The number of benzene rings is 1. The maximum Gasteiger partial charge on any atom is 0.123 e. The molecule has 1 heteroatoms. The van der Waals surface area contributed by atoms with Gasteiger partial charge in [0.15, 0.2) is 0 Å². The van der Waals surface area contributed by atoms with Crippen LogP contribution in [0.15, 0.2) is 18.2 Å². The Morgan fingerprint density at radius 2 is 1.87 bits per heavy atom. The lowest BCUT2D eigenvalue weighted by Crippen LogP contribution is -2.24. The second kappa shape index (κ2) is 3.01. The van der Waals surface area contributed by atoms with Crippen LogP contribution in [-0.4, -0.2) is 5.60 Å². The molecule has 2 rings (SSSR count). The highest BCUT2D eigenvalue weighted by Gasteiger charge is 2.30. The molecule has 0 aromatic heterocycles. The van der Waals surface area contributed by atoms with Gasteiger partial charge in [0.2, 0.25) is 0 Å². The number of rotatable bonds is 0. The van der Waals surface area contributed by atoms with E-state index in [1.165, 1.54) is 11.1 Å². The van der Waals surface area contributed by atoms with E-state index in [1.807, 2.05) is 0 Å². The van der Waals surface area contributed by atoms with Gasteiger partial charge in [0, 0.05) is 6.42 Å². The lowest BCUT2D eigenvalue weighted by molar-refractivity contribution is 0.138. The van der Waals surface area contributed by atoms with E-state index in [0.717, 1.165) is 12.2 Å². The van der Waals surface area contributed by atoms with Gasteiger partial charge in [-0.05, 0) is 36.5 Å². The van der Waals surface area contributed by atoms with Crippen molar-refractivity contribution in [2.24, 2.45) is 0 Å². The Morgan fingerprint density at radius 3 is 2.47 bits per heavy atom. The molecule has 1 aliphatic heterocycles. The molecular formula is C14H20O. The molecule has 0 saturated heterocycles. The van der Waals surface area contributed by atoms with Crippen molar-refractivity contribution in [1.82, 2.24) is 0 Å². The molecule has 1 aromatic rings. The first-order chi connectivity index (χ1) is 6.78. The molecule has 15 heavy (non-hydrogen) atoms. The summed E-state index contributed by atoms with van der Waals surface area (Å²) in [6, 6.07) is 6.64. The van der Waals surface area contributed by atoms with Gasteiger partial charge in [-0.25, -0.2) is 0 Å². The molecule has 0 unspecified atom stereocenters. The zero-order valence-electron chi connectivity index (χ0n) is 10.3. The van der Waals surface area contributed by atoms with Gasteiger partial charge in [-0.1, -0.05) is 32.9 Å². The predicted molar refractivity (Wildman–Crippen MR) is 63.6 cm³/mol. The predicted octanol–water partition coefficient (Wildman–Crippen LogP) is 3.70. The van der Waals surface area contributed by atoms with Crippen LogP contribution in [0, 0.1) is 0 Å². The van der Waals surface area contributed by atoms with E-state index in [9.17, 15) is 0 Å². The first kappa shape index (κ1) is 10.5. The Morgan fingerprint density at radius 1 is 1.20 bits per heavy atom. The van der Waals surface area contributed by atoms with E-state index in [4.69, 9.17) is 4.74 Å². The summed E-state index contributed by atoms with van der Waals surface area (Å²) in [7, 11) is 0. The van der Waals surface area contributed by atoms with Gasteiger partial charge in [0.05, 0.1) is 0 Å². The Balaban J connectivity index is 2.39. The van der Waals surface area contributed by atoms with Gasteiger partial charge in [0.1, 0.15) is 11.4 Å². The molecule has 0 aliphatic carbocycles. The van der Waals surface area contributed by atoms with Gasteiger partial charge in [0.25, 0.3) is 0 Å². The van der Waals surface area contributed by atoms with E-state index < -0.39 is 0 Å². The molecule has 1 heterocycles. The average Bonchev–Trinajstić information content (AvgIpc) is 2.34. The molecule has 0 bridgehead atoms. The van der Waals surface area contributed by atoms with E-state index >= 15 is 0 Å². The van der Waals surface area contributed by atoms with E-state index in [1.54, 1.807) is 0 Å². The zero-order valence-corrected chi connectivity index (χ0v) is 10.3. The third kappa shape index (κ3) is 2.01. The highest BCUT2D eigenvalue weighted by molar-refractivity contribution is 5.43. The van der Waals surface area contributed by atoms with Crippen molar-refractivity contribution in [3.8, 4) is 5.75 Å². The van der Waals surface area contributed by atoms with Gasteiger partial charge < -0.3 is 4.74 Å². The molecule has 0 spiro atoms. The van der Waals surface area contributed by atoms with Crippen LogP contribution in [-0.2, 0) is 11.8 Å². The summed E-state index contributed by atoms with van der Waals surface area (Å²) >= 11 is 0. The molecule has 0 amide bonds. The largest absolute Gasteiger partial charge is 0.487 e. The third-order valence-electron chi connectivity index (χ3n) is 2.94. The van der Waals surface area contributed by atoms with Crippen LogP contribution in [0.1, 0.15) is 45.7 Å². The highest BCUT2D eigenvalue weighted by Crippen LogP contribution is 2.37. The first-order valence-corrected chi connectivity index (χ1v) is 5.60. The van der Waals surface area contributed by atoms with Crippen molar-refractivity contribution in [3.63, 3.8) is 0 Å². The van der Waals surface area contributed by atoms with Gasteiger partial charge in [-0.15, -0.1) is 0 Å². The SMILES string of the molecule is CC1(C)Cc2ccc(C(C)(C)C)cc2O1. The minimum absolute atomic E-state index is 0.0289. The Kier molecular flexibility index (Phi) is 2.11. The summed E-state index contributed by atoms with van der Waals surface area (Å²) in [6.45, 7) is 11.0. The quantitative estimate of drug-likeness (QED) is 0.626. The molecule has 0 fully saturated rings. The summed E-state index contributed by atoms with van der Waals surface area (Å²) in [5.74, 6) is 1.08. The fraction of sp³-hybridized carbons (Fsp3) is 0.571. The summed E-state index contributed by atoms with van der Waals surface area (Å²) in [5.41, 5.74) is 2.86. The van der Waals surface area contributed by atoms with Crippen molar-refractivity contribution < 1.29 is 4.74 Å². The van der Waals surface area contributed by atoms with Crippen LogP contribution in [0.3, 0.4) is 0 Å². The smallest absolute Gasteiger partial charge is 0.123 e. The minimum atomic E-state index is -0.0289. The van der Waals surface area contributed by atoms with Crippen LogP contribution in [0.5, 0.6) is 5.75 Å². The number of hydrogen-bond donors (Lipinski definition) is 0. The fourth-order valence-corrected chi connectivity index (χ4v) is 2.05. The standard InChI is InChI=1S/C14H20O/c1-13(2,3)11-7-6-10-9-14(4,5)15-12(10)8-11/h6-8H,9H2,1-5H3. The van der Waals surface area contributed by atoms with Crippen LogP contribution < -0.4 is 4.74 Å². The molecule has 82 valence electrons. The van der Waals surface area contributed by atoms with E-state index in [2.05, 4.69) is 52.8 Å². The Hall–Kier alpha value is -0.980. The Bertz CT molecular complexity index is 383. The van der Waals surface area contributed by atoms with Gasteiger partial charge >= 0.3 is 0 Å². The minimum Gasteiger partial charge on any atom is -0.487 e. The first-order valence-electron chi connectivity index (χ1n) is 5.60. The lowest BCUT2D eigenvalue weighted by Gasteiger charge is -2.20. The van der Waals surface area contributed by atoms with Crippen LogP contribution in [0.25, 0.3) is 0 Å². The lowest BCUT2D eigenvalue weighted by atomic mass is 9.86. The molecular weight excluding hydrogens is 184 g/mol. The summed E-state index contributed by atoms with van der Waals surface area (Å²) in [6.07, 6.45) is 1.02. The van der Waals surface area contributed by atoms with Crippen molar-refractivity contribution in [2.75, 3.05) is 0 Å². The monoisotopic (exact) mass is 204 g/mol. The normalized spacial score (nSPS) is 18.5. The van der Waals surface area contributed by atoms with E-state index in [0.29, 0.717) is 0 Å². The Labute approximate surface area is 92.5 Å². The summed E-state index contributed by atoms with van der Waals surface area (Å²) in [4.78, 5) is 0. The molecule has 1 aromatic carbocycles. The number of ether oxygens (including phenoxy) is 1. The number of fused-ring (bicyclic) bond motifs is 1. The van der Waals surface area contributed by atoms with E-state index in [-0.39, 0.29) is 11.0 Å². The van der Waals surface area contributed by atoms with Crippen molar-refractivity contribution in [2.45, 2.75) is 52.1 Å². The molecule has 0 N–H and O–H groups in total. The second-order valence-electron chi connectivity index (χ2n) is 6.11. The van der Waals surface area contributed by atoms with Crippen molar-refractivity contribution in [3.05, 3.63) is 29.3 Å². The fourth-order valence-electron chi connectivity index (χ4n) is 2.05. The van der Waals surface area contributed by atoms with Crippen LogP contribution >= 0.6 is 0 Å². The van der Waals surface area contributed by atoms with Crippen molar-refractivity contribution >= 4 is 0 Å². The average molecular weight is 204 g/mol. The molecule has 0 radical (unpaired) electrons. The van der Waals surface area contributed by atoms with Crippen molar-refractivity contribution in [1.29, 1.82) is 0 Å². The maximum absolute atomic E-state index is 5.93. The third-order valence-corrected chi connectivity index (χ3v) is 2.94. The van der Waals surface area contributed by atoms with Crippen LogP contribution in [0.2, 0.25) is 0 Å². The van der Waals surface area contributed by atoms with Gasteiger partial charge in [-0.2, -0.15) is 0 Å². The molecule has 1 aliphatic rings. The molecule has 0 atom stereocenters. The second-order valence-corrected chi connectivity index (χ2v) is 6.11. The maximum atomic E-state index is 5.93. The summed E-state index contributed by atoms with van der Waals surface area (Å²) in [5, 5.41) is 0. The van der Waals surface area contributed by atoms with Crippen LogP contribution in [0.4, 0.5) is 0 Å². The topological polar surface area (TPSA) is 9.23 Å². The highest BCUT2D eigenvalue weighted by atomic mass is 16.5. The molecule has 1 nitrogen and oxygen atoms in total. The zero-order chi connectivity index (χ0) is 11.3. The van der Waals surface area contributed by atoms with Gasteiger partial charge in [-0.3, -0.25) is 0 Å².